The fourth-order valence-electron chi connectivity index (χ4n) is 1.95. The first kappa shape index (κ1) is 10.2. The van der Waals surface area contributed by atoms with Crippen LogP contribution in [0.25, 0.3) is 16.2 Å². The molecule has 0 bridgehead atoms. The van der Waals surface area contributed by atoms with Crippen LogP contribution in [0, 0.1) is 6.92 Å². The van der Waals surface area contributed by atoms with Crippen molar-refractivity contribution < 1.29 is 14.3 Å². The van der Waals surface area contributed by atoms with E-state index in [4.69, 9.17) is 4.42 Å². The molecule has 0 unspecified atom stereocenters. The molecule has 0 spiro atoms. The minimum absolute atomic E-state index is 0.258. The molecule has 0 aliphatic heterocycles. The number of rotatable bonds is 2. The van der Waals surface area contributed by atoms with E-state index in [0.29, 0.717) is 11.3 Å². The van der Waals surface area contributed by atoms with Gasteiger partial charge in [-0.15, -0.1) is 11.3 Å². The minimum Gasteiger partial charge on any atom is -0.477 e. The average molecular weight is 247 g/mol. The number of furan rings is 1. The molecular formula is C12H9NO3S. The van der Waals surface area contributed by atoms with E-state index < -0.39 is 5.97 Å². The van der Waals surface area contributed by atoms with E-state index in [1.54, 1.807) is 22.8 Å². The number of hydrogen-bond acceptors (Lipinski definition) is 3. The highest BCUT2D eigenvalue weighted by Crippen LogP contribution is 2.31. The van der Waals surface area contributed by atoms with Gasteiger partial charge in [0, 0.05) is 11.1 Å². The van der Waals surface area contributed by atoms with E-state index in [9.17, 15) is 9.90 Å². The lowest BCUT2D eigenvalue weighted by Gasteiger charge is -1.99. The molecule has 3 rings (SSSR count). The van der Waals surface area contributed by atoms with Crippen LogP contribution in [0.4, 0.5) is 0 Å². The molecule has 0 saturated carbocycles. The maximum Gasteiger partial charge on any atom is 0.353 e. The molecule has 1 N–H and O–H groups in total. The predicted octanol–water partition coefficient (Wildman–Crippen LogP) is 3.27. The van der Waals surface area contributed by atoms with Crippen molar-refractivity contribution in [2.75, 3.05) is 0 Å². The number of aromatic carboxylic acids is 1. The third-order valence-electron chi connectivity index (χ3n) is 2.66. The van der Waals surface area contributed by atoms with Crippen LogP contribution in [0.3, 0.4) is 0 Å². The van der Waals surface area contributed by atoms with Gasteiger partial charge in [-0.05, 0) is 25.1 Å². The summed E-state index contributed by atoms with van der Waals surface area (Å²) in [5.41, 5.74) is 1.80. The zero-order valence-corrected chi connectivity index (χ0v) is 9.82. The Kier molecular flexibility index (Phi) is 2.09. The fourth-order valence-corrected chi connectivity index (χ4v) is 2.88. The van der Waals surface area contributed by atoms with E-state index in [-0.39, 0.29) is 5.69 Å². The molecule has 3 heterocycles. The second-order valence-corrected chi connectivity index (χ2v) is 4.63. The number of carboxylic acids is 1. The van der Waals surface area contributed by atoms with Crippen molar-refractivity contribution in [3.8, 4) is 11.3 Å². The standard InChI is InChI=1S/C12H9NO3S/c1-7-6-17-10-5-8(9-3-2-4-16-9)11(12(14)15)13(7)10/h2-6H,1H3,(H,14,15). The van der Waals surface area contributed by atoms with Crippen molar-refractivity contribution in [1.82, 2.24) is 4.40 Å². The molecular weight excluding hydrogens is 238 g/mol. The number of fused-ring (bicyclic) bond motifs is 1. The summed E-state index contributed by atoms with van der Waals surface area (Å²) in [6, 6.07) is 5.36. The Bertz CT molecular complexity index is 691. The van der Waals surface area contributed by atoms with Crippen LogP contribution in [0.2, 0.25) is 0 Å². The predicted molar refractivity (Wildman–Crippen MR) is 64.7 cm³/mol. The van der Waals surface area contributed by atoms with Gasteiger partial charge in [-0.3, -0.25) is 4.40 Å². The Morgan fingerprint density at radius 3 is 3.00 bits per heavy atom. The summed E-state index contributed by atoms with van der Waals surface area (Å²) in [7, 11) is 0. The van der Waals surface area contributed by atoms with Gasteiger partial charge in [0.2, 0.25) is 0 Å². The average Bonchev–Trinajstić information content (AvgIpc) is 2.94. The van der Waals surface area contributed by atoms with Crippen molar-refractivity contribution >= 4 is 22.1 Å². The maximum absolute atomic E-state index is 11.4. The Hall–Kier alpha value is -2.01. The SMILES string of the molecule is Cc1csc2cc(-c3ccco3)c(C(=O)O)n12. The summed E-state index contributed by atoms with van der Waals surface area (Å²) in [4.78, 5) is 12.3. The van der Waals surface area contributed by atoms with E-state index in [1.165, 1.54) is 11.3 Å². The molecule has 3 aromatic rings. The van der Waals surface area contributed by atoms with Crippen molar-refractivity contribution in [2.45, 2.75) is 6.92 Å². The first-order valence-electron chi connectivity index (χ1n) is 5.05. The first-order chi connectivity index (χ1) is 8.18. The molecule has 3 aromatic heterocycles. The lowest BCUT2D eigenvalue weighted by atomic mass is 10.2. The Balaban J connectivity index is 2.39. The highest BCUT2D eigenvalue weighted by molar-refractivity contribution is 7.15. The van der Waals surface area contributed by atoms with E-state index in [0.717, 1.165) is 10.5 Å². The van der Waals surface area contributed by atoms with Gasteiger partial charge in [-0.1, -0.05) is 0 Å². The van der Waals surface area contributed by atoms with Crippen molar-refractivity contribution in [2.24, 2.45) is 0 Å². The van der Waals surface area contributed by atoms with Crippen LogP contribution in [0.5, 0.6) is 0 Å². The zero-order valence-electron chi connectivity index (χ0n) is 9.01. The third-order valence-corrected chi connectivity index (χ3v) is 3.66. The lowest BCUT2D eigenvalue weighted by molar-refractivity contribution is 0.0690. The van der Waals surface area contributed by atoms with E-state index in [1.807, 2.05) is 18.4 Å². The van der Waals surface area contributed by atoms with Crippen LogP contribution >= 0.6 is 11.3 Å². The monoisotopic (exact) mass is 247 g/mol. The quantitative estimate of drug-likeness (QED) is 0.756. The first-order valence-corrected chi connectivity index (χ1v) is 5.93. The van der Waals surface area contributed by atoms with E-state index in [2.05, 4.69) is 0 Å². The van der Waals surface area contributed by atoms with Gasteiger partial charge >= 0.3 is 5.97 Å². The molecule has 0 radical (unpaired) electrons. The largest absolute Gasteiger partial charge is 0.477 e. The highest BCUT2D eigenvalue weighted by Gasteiger charge is 2.21. The van der Waals surface area contributed by atoms with Gasteiger partial charge in [-0.25, -0.2) is 4.79 Å². The topological polar surface area (TPSA) is 54.8 Å². The Morgan fingerprint density at radius 2 is 2.35 bits per heavy atom. The lowest BCUT2D eigenvalue weighted by Crippen LogP contribution is -2.03. The molecule has 0 atom stereocenters. The van der Waals surface area contributed by atoms with Crippen molar-refractivity contribution in [3.05, 3.63) is 41.2 Å². The molecule has 0 aliphatic rings. The number of thiazole rings is 1. The summed E-state index contributed by atoms with van der Waals surface area (Å²) < 4.78 is 7.02. The summed E-state index contributed by atoms with van der Waals surface area (Å²) in [6.45, 7) is 1.89. The number of carbonyl (C=O) groups is 1. The van der Waals surface area contributed by atoms with Gasteiger partial charge in [-0.2, -0.15) is 0 Å². The Labute approximate surface area is 101 Å². The van der Waals surface area contributed by atoms with Gasteiger partial charge in [0.1, 0.15) is 16.3 Å². The summed E-state index contributed by atoms with van der Waals surface area (Å²) in [5.74, 6) is -0.365. The van der Waals surface area contributed by atoms with Crippen molar-refractivity contribution in [3.63, 3.8) is 0 Å². The normalized spacial score (nSPS) is 11.1. The molecule has 86 valence electrons. The zero-order chi connectivity index (χ0) is 12.0. The Morgan fingerprint density at radius 1 is 1.53 bits per heavy atom. The fraction of sp³-hybridized carbons (Fsp3) is 0.0833. The van der Waals surface area contributed by atoms with Crippen LogP contribution in [0.1, 0.15) is 16.2 Å². The van der Waals surface area contributed by atoms with Gasteiger partial charge in [0.05, 0.1) is 11.8 Å². The van der Waals surface area contributed by atoms with Crippen LogP contribution < -0.4 is 0 Å². The number of nitrogens with zero attached hydrogens (tertiary/aromatic N) is 1. The molecule has 17 heavy (non-hydrogen) atoms. The van der Waals surface area contributed by atoms with Crippen molar-refractivity contribution in [1.29, 1.82) is 0 Å². The number of aromatic nitrogens is 1. The maximum atomic E-state index is 11.4. The molecule has 0 saturated heterocycles. The molecule has 0 amide bonds. The third kappa shape index (κ3) is 1.39. The highest BCUT2D eigenvalue weighted by atomic mass is 32.1. The molecule has 4 nitrogen and oxygen atoms in total. The number of carboxylic acid groups (broad SMARTS) is 1. The van der Waals surface area contributed by atoms with Gasteiger partial charge < -0.3 is 9.52 Å². The molecule has 5 heteroatoms. The van der Waals surface area contributed by atoms with Crippen LogP contribution in [-0.4, -0.2) is 15.5 Å². The number of hydrogen-bond donors (Lipinski definition) is 1. The number of aryl methyl sites for hydroxylation is 1. The van der Waals surface area contributed by atoms with Gasteiger partial charge in [0.15, 0.2) is 0 Å². The van der Waals surface area contributed by atoms with Crippen LogP contribution in [-0.2, 0) is 0 Å². The minimum atomic E-state index is -0.946. The molecule has 0 aliphatic carbocycles. The van der Waals surface area contributed by atoms with E-state index >= 15 is 0 Å². The molecule has 0 fully saturated rings. The summed E-state index contributed by atoms with van der Waals surface area (Å²) >= 11 is 1.52. The second-order valence-electron chi connectivity index (χ2n) is 3.74. The summed E-state index contributed by atoms with van der Waals surface area (Å²) in [6.07, 6.45) is 1.54. The van der Waals surface area contributed by atoms with Crippen LogP contribution in [0.15, 0.2) is 34.3 Å². The summed E-state index contributed by atoms with van der Waals surface area (Å²) in [5, 5.41) is 11.3. The second kappa shape index (κ2) is 3.49. The molecule has 0 aromatic carbocycles. The smallest absolute Gasteiger partial charge is 0.353 e. The van der Waals surface area contributed by atoms with Gasteiger partial charge in [0.25, 0.3) is 0 Å².